The van der Waals surface area contributed by atoms with Gasteiger partial charge in [0.2, 0.25) is 0 Å². The number of aliphatic hydroxyl groups is 1. The molecular weight excluding hydrogens is 366 g/mol. The van der Waals surface area contributed by atoms with Gasteiger partial charge in [-0.25, -0.2) is 4.98 Å². The maximum Gasteiger partial charge on any atom is 0.274 e. The van der Waals surface area contributed by atoms with Crippen molar-refractivity contribution in [1.82, 2.24) is 19.7 Å². The summed E-state index contributed by atoms with van der Waals surface area (Å²) < 4.78 is 1.92. The molecule has 0 bridgehead atoms. The fourth-order valence-corrected chi connectivity index (χ4v) is 3.48. The van der Waals surface area contributed by atoms with Crippen LogP contribution in [0.15, 0.2) is 42.7 Å². The van der Waals surface area contributed by atoms with Gasteiger partial charge < -0.3 is 15.0 Å². The van der Waals surface area contributed by atoms with Crippen LogP contribution in [0.5, 0.6) is 0 Å². The summed E-state index contributed by atoms with van der Waals surface area (Å²) in [6, 6.07) is 11.3. The Hall–Kier alpha value is -3.06. The molecule has 150 valence electrons. The molecule has 0 aliphatic heterocycles. The third-order valence-corrected chi connectivity index (χ3v) is 5.39. The van der Waals surface area contributed by atoms with Crippen LogP contribution >= 0.6 is 0 Å². The fraction of sp³-hybridized carbons (Fsp3) is 0.364. The first-order chi connectivity index (χ1) is 14.0. The van der Waals surface area contributed by atoms with Gasteiger partial charge in [-0.2, -0.15) is 0 Å². The van der Waals surface area contributed by atoms with E-state index in [-0.39, 0.29) is 18.4 Å². The molecule has 1 atom stereocenters. The number of hydrogen-bond donors (Lipinski definition) is 2. The molecule has 1 aliphatic rings. The van der Waals surface area contributed by atoms with Gasteiger partial charge in [-0.15, -0.1) is 10.2 Å². The Bertz CT molecular complexity index is 1030. The van der Waals surface area contributed by atoms with Crippen molar-refractivity contribution in [3.8, 4) is 0 Å². The van der Waals surface area contributed by atoms with Crippen LogP contribution in [-0.2, 0) is 20.1 Å². The SMILES string of the molecule is CC(Cc1nncn1C)c1cccc(NC(=O)c2ccc(CO)c(C3CC3)n2)c1. The largest absolute Gasteiger partial charge is 0.392 e. The maximum absolute atomic E-state index is 12.7. The van der Waals surface area contributed by atoms with Crippen molar-refractivity contribution in [2.75, 3.05) is 5.32 Å². The average molecular weight is 391 g/mol. The molecule has 2 heterocycles. The average Bonchev–Trinajstić information content (AvgIpc) is 3.51. The van der Waals surface area contributed by atoms with E-state index in [0.29, 0.717) is 11.6 Å². The lowest BCUT2D eigenvalue weighted by Crippen LogP contribution is -2.15. The van der Waals surface area contributed by atoms with Crippen molar-refractivity contribution in [2.24, 2.45) is 7.05 Å². The Kier molecular flexibility index (Phi) is 5.40. The van der Waals surface area contributed by atoms with Gasteiger partial charge in [0, 0.05) is 30.8 Å². The number of anilines is 1. The number of aryl methyl sites for hydroxylation is 1. The van der Waals surface area contributed by atoms with Crippen LogP contribution in [0.3, 0.4) is 0 Å². The highest BCUT2D eigenvalue weighted by molar-refractivity contribution is 6.03. The van der Waals surface area contributed by atoms with Gasteiger partial charge in [-0.3, -0.25) is 4.79 Å². The molecule has 0 spiro atoms. The van der Waals surface area contributed by atoms with E-state index in [1.165, 1.54) is 0 Å². The number of pyridine rings is 1. The monoisotopic (exact) mass is 391 g/mol. The minimum absolute atomic E-state index is 0.0494. The summed E-state index contributed by atoms with van der Waals surface area (Å²) >= 11 is 0. The lowest BCUT2D eigenvalue weighted by atomic mass is 9.97. The third kappa shape index (κ3) is 4.35. The zero-order chi connectivity index (χ0) is 20.4. The molecule has 1 aliphatic carbocycles. The lowest BCUT2D eigenvalue weighted by molar-refractivity contribution is 0.102. The van der Waals surface area contributed by atoms with E-state index in [1.807, 2.05) is 29.8 Å². The Labute approximate surface area is 169 Å². The number of rotatable bonds is 7. The molecule has 1 saturated carbocycles. The highest BCUT2D eigenvalue weighted by Crippen LogP contribution is 2.40. The van der Waals surface area contributed by atoms with Crippen molar-refractivity contribution in [2.45, 2.75) is 44.6 Å². The Morgan fingerprint density at radius 1 is 1.31 bits per heavy atom. The molecule has 7 nitrogen and oxygen atoms in total. The van der Waals surface area contributed by atoms with Gasteiger partial charge >= 0.3 is 0 Å². The van der Waals surface area contributed by atoms with Crippen LogP contribution in [0.2, 0.25) is 0 Å². The minimum atomic E-state index is -0.241. The molecule has 0 saturated heterocycles. The van der Waals surface area contributed by atoms with Gasteiger partial charge in [-0.1, -0.05) is 25.1 Å². The minimum Gasteiger partial charge on any atom is -0.392 e. The van der Waals surface area contributed by atoms with E-state index in [9.17, 15) is 9.90 Å². The Morgan fingerprint density at radius 2 is 2.14 bits per heavy atom. The second kappa shape index (κ2) is 8.13. The summed E-state index contributed by atoms with van der Waals surface area (Å²) in [4.78, 5) is 17.3. The molecule has 4 rings (SSSR count). The van der Waals surface area contributed by atoms with Gasteiger partial charge in [0.25, 0.3) is 5.91 Å². The van der Waals surface area contributed by atoms with Gasteiger partial charge in [-0.05, 0) is 48.1 Å². The number of aromatic nitrogens is 4. The number of carbonyl (C=O) groups is 1. The molecule has 1 unspecified atom stereocenters. The molecule has 3 aromatic rings. The van der Waals surface area contributed by atoms with E-state index >= 15 is 0 Å². The molecule has 2 aromatic heterocycles. The summed E-state index contributed by atoms with van der Waals surface area (Å²) in [6.07, 6.45) is 4.60. The number of carbonyl (C=O) groups excluding carboxylic acids is 1. The first kappa shape index (κ1) is 19.3. The van der Waals surface area contributed by atoms with Crippen LogP contribution in [0, 0.1) is 0 Å². The second-order valence-corrected chi connectivity index (χ2v) is 7.72. The first-order valence-electron chi connectivity index (χ1n) is 9.90. The van der Waals surface area contributed by atoms with Crippen molar-refractivity contribution >= 4 is 11.6 Å². The number of nitrogens with one attached hydrogen (secondary N) is 1. The van der Waals surface area contributed by atoms with Crippen LogP contribution in [0.4, 0.5) is 5.69 Å². The number of benzene rings is 1. The molecule has 7 heteroatoms. The Morgan fingerprint density at radius 3 is 2.83 bits per heavy atom. The topological polar surface area (TPSA) is 92.9 Å². The molecule has 1 aromatic carbocycles. The molecule has 2 N–H and O–H groups in total. The van der Waals surface area contributed by atoms with Crippen molar-refractivity contribution < 1.29 is 9.90 Å². The van der Waals surface area contributed by atoms with Crippen LogP contribution in [0.25, 0.3) is 0 Å². The number of hydrogen-bond acceptors (Lipinski definition) is 5. The van der Waals surface area contributed by atoms with Crippen LogP contribution in [0.1, 0.15) is 64.7 Å². The molecule has 1 fully saturated rings. The van der Waals surface area contributed by atoms with E-state index in [0.717, 1.165) is 47.6 Å². The van der Waals surface area contributed by atoms with E-state index in [1.54, 1.807) is 18.5 Å². The normalized spacial score (nSPS) is 14.6. The highest BCUT2D eigenvalue weighted by Gasteiger charge is 2.28. The lowest BCUT2D eigenvalue weighted by Gasteiger charge is -2.14. The summed E-state index contributed by atoms with van der Waals surface area (Å²) in [6.45, 7) is 2.08. The smallest absolute Gasteiger partial charge is 0.274 e. The Balaban J connectivity index is 1.48. The predicted octanol–water partition coefficient (Wildman–Crippen LogP) is 3.18. The fourth-order valence-electron chi connectivity index (χ4n) is 3.48. The van der Waals surface area contributed by atoms with Gasteiger partial charge in [0.15, 0.2) is 0 Å². The first-order valence-corrected chi connectivity index (χ1v) is 9.90. The quantitative estimate of drug-likeness (QED) is 0.645. The molecule has 29 heavy (non-hydrogen) atoms. The summed E-state index contributed by atoms with van der Waals surface area (Å²) in [5.41, 5.74) is 3.89. The van der Waals surface area contributed by atoms with E-state index < -0.39 is 0 Å². The predicted molar refractivity (Wildman–Crippen MR) is 110 cm³/mol. The third-order valence-electron chi connectivity index (χ3n) is 5.39. The zero-order valence-corrected chi connectivity index (χ0v) is 16.7. The maximum atomic E-state index is 12.7. The number of nitrogens with zero attached hydrogens (tertiary/aromatic N) is 4. The van der Waals surface area contributed by atoms with E-state index in [2.05, 4.69) is 33.5 Å². The number of amides is 1. The van der Waals surface area contributed by atoms with Crippen molar-refractivity contribution in [3.05, 3.63) is 71.1 Å². The van der Waals surface area contributed by atoms with Crippen molar-refractivity contribution in [1.29, 1.82) is 0 Å². The summed E-state index contributed by atoms with van der Waals surface area (Å²) in [5, 5.41) is 20.5. The van der Waals surface area contributed by atoms with Gasteiger partial charge in [0.1, 0.15) is 17.8 Å². The molecule has 1 amide bonds. The van der Waals surface area contributed by atoms with E-state index in [4.69, 9.17) is 0 Å². The summed E-state index contributed by atoms with van der Waals surface area (Å²) in [5.74, 6) is 1.29. The standard InChI is InChI=1S/C22H25N5O2/c1-14(10-20-26-23-13-27(20)2)16-4-3-5-18(11-16)24-22(29)19-9-8-17(12-28)21(25-19)15-6-7-15/h3-5,8-9,11,13-15,28H,6-7,10,12H2,1-2H3,(H,24,29). The second-order valence-electron chi connectivity index (χ2n) is 7.72. The summed E-state index contributed by atoms with van der Waals surface area (Å²) in [7, 11) is 1.93. The molecule has 0 radical (unpaired) electrons. The molecular formula is C22H25N5O2. The van der Waals surface area contributed by atoms with Crippen molar-refractivity contribution in [3.63, 3.8) is 0 Å². The van der Waals surface area contributed by atoms with Crippen LogP contribution in [-0.4, -0.2) is 30.8 Å². The van der Waals surface area contributed by atoms with Crippen LogP contribution < -0.4 is 5.32 Å². The highest BCUT2D eigenvalue weighted by atomic mass is 16.3. The number of aliphatic hydroxyl groups excluding tert-OH is 1. The van der Waals surface area contributed by atoms with Gasteiger partial charge in [0.05, 0.1) is 6.61 Å². The zero-order valence-electron chi connectivity index (χ0n) is 16.7.